The van der Waals surface area contributed by atoms with Crippen LogP contribution in [-0.4, -0.2) is 10.8 Å². The molecule has 0 bridgehead atoms. The van der Waals surface area contributed by atoms with Gasteiger partial charge in [-0.15, -0.1) is 0 Å². The molecule has 0 aliphatic carbocycles. The Hall–Kier alpha value is -2.03. The van der Waals surface area contributed by atoms with Crippen LogP contribution in [0.15, 0.2) is 42.6 Å². The van der Waals surface area contributed by atoms with E-state index < -0.39 is 5.82 Å². The molecular formula is C14H12FNO. The second kappa shape index (κ2) is 4.87. The van der Waals surface area contributed by atoms with Crippen molar-refractivity contribution >= 4 is 5.78 Å². The molecule has 3 heteroatoms. The summed E-state index contributed by atoms with van der Waals surface area (Å²) in [6, 6.07) is 10.4. The van der Waals surface area contributed by atoms with Crippen molar-refractivity contribution < 1.29 is 9.18 Å². The number of pyridine rings is 1. The molecule has 86 valence electrons. The minimum Gasteiger partial charge on any atom is -0.292 e. The Morgan fingerprint density at radius 2 is 2.12 bits per heavy atom. The number of nitrogens with zero attached hydrogens (tertiary/aromatic N) is 1. The van der Waals surface area contributed by atoms with Crippen LogP contribution in [0.2, 0.25) is 0 Å². The fraction of sp³-hybridized carbons (Fsp3) is 0.143. The fourth-order valence-electron chi connectivity index (χ4n) is 1.64. The molecule has 0 unspecified atom stereocenters. The van der Waals surface area contributed by atoms with Gasteiger partial charge in [0.2, 0.25) is 0 Å². The molecule has 0 atom stereocenters. The minimum absolute atomic E-state index is 0.101. The van der Waals surface area contributed by atoms with Crippen molar-refractivity contribution in [1.82, 2.24) is 4.98 Å². The summed E-state index contributed by atoms with van der Waals surface area (Å²) >= 11 is 0. The van der Waals surface area contributed by atoms with Gasteiger partial charge in [0.1, 0.15) is 11.5 Å². The first-order chi connectivity index (χ1) is 8.15. The quantitative estimate of drug-likeness (QED) is 0.757. The monoisotopic (exact) mass is 229 g/mol. The van der Waals surface area contributed by atoms with Crippen molar-refractivity contribution in [3.05, 3.63) is 65.2 Å². The third-order valence-corrected chi connectivity index (χ3v) is 2.46. The molecular weight excluding hydrogens is 217 g/mol. The summed E-state index contributed by atoms with van der Waals surface area (Å²) in [7, 11) is 0. The molecule has 0 saturated carbocycles. The summed E-state index contributed by atoms with van der Waals surface area (Å²) in [4.78, 5) is 15.6. The maximum atomic E-state index is 12.7. The number of halogens is 1. The van der Waals surface area contributed by atoms with E-state index in [0.29, 0.717) is 12.1 Å². The van der Waals surface area contributed by atoms with Gasteiger partial charge in [-0.05, 0) is 24.6 Å². The Morgan fingerprint density at radius 3 is 2.76 bits per heavy atom. The topological polar surface area (TPSA) is 30.0 Å². The van der Waals surface area contributed by atoms with Crippen LogP contribution in [0.5, 0.6) is 0 Å². The molecule has 17 heavy (non-hydrogen) atoms. The van der Waals surface area contributed by atoms with Gasteiger partial charge in [0, 0.05) is 6.42 Å². The number of carbonyl (C=O) groups is 1. The van der Waals surface area contributed by atoms with E-state index in [-0.39, 0.29) is 5.78 Å². The molecule has 1 aromatic carbocycles. The van der Waals surface area contributed by atoms with Crippen LogP contribution < -0.4 is 0 Å². The lowest BCUT2D eigenvalue weighted by Crippen LogP contribution is -2.06. The number of carbonyl (C=O) groups excluding carboxylic acids is 1. The van der Waals surface area contributed by atoms with Gasteiger partial charge in [-0.2, -0.15) is 0 Å². The van der Waals surface area contributed by atoms with Crippen LogP contribution in [-0.2, 0) is 6.42 Å². The van der Waals surface area contributed by atoms with E-state index in [0.717, 1.165) is 17.3 Å². The van der Waals surface area contributed by atoms with Gasteiger partial charge in [-0.25, -0.2) is 4.39 Å². The predicted molar refractivity (Wildman–Crippen MR) is 63.4 cm³/mol. The SMILES string of the molecule is Cc1cccc(CC(=O)c2ccc(F)cn2)c1. The van der Waals surface area contributed by atoms with E-state index in [1.807, 2.05) is 31.2 Å². The minimum atomic E-state index is -0.433. The Morgan fingerprint density at radius 1 is 1.29 bits per heavy atom. The molecule has 2 nitrogen and oxygen atoms in total. The van der Waals surface area contributed by atoms with Gasteiger partial charge in [-0.1, -0.05) is 29.8 Å². The van der Waals surface area contributed by atoms with Crippen molar-refractivity contribution in [1.29, 1.82) is 0 Å². The van der Waals surface area contributed by atoms with Gasteiger partial charge in [0.25, 0.3) is 0 Å². The van der Waals surface area contributed by atoms with Crippen molar-refractivity contribution in [3.8, 4) is 0 Å². The maximum Gasteiger partial charge on any atom is 0.185 e. The first-order valence-electron chi connectivity index (χ1n) is 5.35. The number of hydrogen-bond acceptors (Lipinski definition) is 2. The first-order valence-corrected chi connectivity index (χ1v) is 5.35. The molecule has 0 fully saturated rings. The average molecular weight is 229 g/mol. The van der Waals surface area contributed by atoms with E-state index in [1.54, 1.807) is 0 Å². The van der Waals surface area contributed by atoms with Crippen molar-refractivity contribution in [2.45, 2.75) is 13.3 Å². The van der Waals surface area contributed by atoms with Crippen LogP contribution in [0.25, 0.3) is 0 Å². The molecule has 0 aliphatic rings. The summed E-state index contributed by atoms with van der Waals surface area (Å²) in [5.74, 6) is -0.535. The van der Waals surface area contributed by atoms with E-state index in [1.165, 1.54) is 12.1 Å². The lowest BCUT2D eigenvalue weighted by Gasteiger charge is -2.02. The Balaban J connectivity index is 2.14. The molecule has 0 amide bonds. The highest BCUT2D eigenvalue weighted by Gasteiger charge is 2.08. The molecule has 1 aromatic heterocycles. The number of ketones is 1. The Labute approximate surface area is 99.1 Å². The number of benzene rings is 1. The van der Waals surface area contributed by atoms with Gasteiger partial charge >= 0.3 is 0 Å². The van der Waals surface area contributed by atoms with Crippen LogP contribution in [0.1, 0.15) is 21.6 Å². The van der Waals surface area contributed by atoms with Crippen molar-refractivity contribution in [3.63, 3.8) is 0 Å². The second-order valence-electron chi connectivity index (χ2n) is 3.95. The highest BCUT2D eigenvalue weighted by molar-refractivity contribution is 5.95. The van der Waals surface area contributed by atoms with E-state index in [4.69, 9.17) is 0 Å². The van der Waals surface area contributed by atoms with Crippen LogP contribution in [0, 0.1) is 12.7 Å². The standard InChI is InChI=1S/C14H12FNO/c1-10-3-2-4-11(7-10)8-14(17)13-6-5-12(15)9-16-13/h2-7,9H,8H2,1H3. The zero-order chi connectivity index (χ0) is 12.3. The summed E-state index contributed by atoms with van der Waals surface area (Å²) in [5.41, 5.74) is 2.36. The Kier molecular flexibility index (Phi) is 3.28. The average Bonchev–Trinajstić information content (AvgIpc) is 2.29. The summed E-state index contributed by atoms with van der Waals surface area (Å²) in [6.45, 7) is 1.98. The molecule has 0 aliphatic heterocycles. The molecule has 2 rings (SSSR count). The lowest BCUT2D eigenvalue weighted by atomic mass is 10.0. The third kappa shape index (κ3) is 2.97. The first kappa shape index (κ1) is 11.5. The zero-order valence-corrected chi connectivity index (χ0v) is 9.48. The number of rotatable bonds is 3. The Bertz CT molecular complexity index is 534. The smallest absolute Gasteiger partial charge is 0.185 e. The number of hydrogen-bond donors (Lipinski definition) is 0. The number of aryl methyl sites for hydroxylation is 1. The van der Waals surface area contributed by atoms with Gasteiger partial charge in [-0.3, -0.25) is 9.78 Å². The van der Waals surface area contributed by atoms with Crippen LogP contribution in [0.4, 0.5) is 4.39 Å². The molecule has 2 aromatic rings. The highest BCUT2D eigenvalue weighted by atomic mass is 19.1. The molecule has 0 radical (unpaired) electrons. The molecule has 0 saturated heterocycles. The predicted octanol–water partition coefficient (Wildman–Crippen LogP) is 2.95. The molecule has 0 spiro atoms. The maximum absolute atomic E-state index is 12.7. The zero-order valence-electron chi connectivity index (χ0n) is 9.48. The molecule has 0 N–H and O–H groups in total. The summed E-state index contributed by atoms with van der Waals surface area (Å²) in [6.07, 6.45) is 1.35. The van der Waals surface area contributed by atoms with Crippen LogP contribution in [0.3, 0.4) is 0 Å². The van der Waals surface area contributed by atoms with E-state index in [9.17, 15) is 9.18 Å². The van der Waals surface area contributed by atoms with E-state index >= 15 is 0 Å². The van der Waals surface area contributed by atoms with Crippen molar-refractivity contribution in [2.24, 2.45) is 0 Å². The number of Topliss-reactive ketones (excluding diaryl/α,β-unsaturated/α-hetero) is 1. The second-order valence-corrected chi connectivity index (χ2v) is 3.95. The highest BCUT2D eigenvalue weighted by Crippen LogP contribution is 2.08. The van der Waals surface area contributed by atoms with Crippen LogP contribution >= 0.6 is 0 Å². The van der Waals surface area contributed by atoms with Gasteiger partial charge in [0.15, 0.2) is 5.78 Å². The van der Waals surface area contributed by atoms with Gasteiger partial charge in [0.05, 0.1) is 6.20 Å². The summed E-state index contributed by atoms with van der Waals surface area (Å²) < 4.78 is 12.7. The molecule has 1 heterocycles. The van der Waals surface area contributed by atoms with Gasteiger partial charge < -0.3 is 0 Å². The summed E-state index contributed by atoms with van der Waals surface area (Å²) in [5, 5.41) is 0. The number of aromatic nitrogens is 1. The lowest BCUT2D eigenvalue weighted by molar-refractivity contribution is 0.0988. The largest absolute Gasteiger partial charge is 0.292 e. The third-order valence-electron chi connectivity index (χ3n) is 2.46. The fourth-order valence-corrected chi connectivity index (χ4v) is 1.64. The van der Waals surface area contributed by atoms with E-state index in [2.05, 4.69) is 4.98 Å². The normalized spacial score (nSPS) is 10.2. The van der Waals surface area contributed by atoms with Crippen molar-refractivity contribution in [2.75, 3.05) is 0 Å².